The van der Waals surface area contributed by atoms with Crippen molar-refractivity contribution in [3.63, 3.8) is 0 Å². The van der Waals surface area contributed by atoms with Gasteiger partial charge in [0.2, 0.25) is 0 Å². The van der Waals surface area contributed by atoms with Crippen molar-refractivity contribution in [2.24, 2.45) is 7.05 Å². The van der Waals surface area contributed by atoms with Gasteiger partial charge in [0.05, 0.1) is 12.3 Å². The van der Waals surface area contributed by atoms with E-state index in [1.54, 1.807) is 0 Å². The van der Waals surface area contributed by atoms with Crippen LogP contribution >= 0.6 is 0 Å². The summed E-state index contributed by atoms with van der Waals surface area (Å²) in [5, 5.41) is 7.76. The fourth-order valence-electron chi connectivity index (χ4n) is 2.08. The zero-order valence-corrected chi connectivity index (χ0v) is 11.8. The maximum atomic E-state index is 5.49. The Morgan fingerprint density at radius 1 is 1.32 bits per heavy atom. The largest absolute Gasteiger partial charge is 0.494 e. The van der Waals surface area contributed by atoms with Crippen LogP contribution in [0.15, 0.2) is 30.5 Å². The Morgan fingerprint density at radius 3 is 2.84 bits per heavy atom. The highest BCUT2D eigenvalue weighted by atomic mass is 16.5. The topological polar surface area (TPSA) is 39.1 Å². The summed E-state index contributed by atoms with van der Waals surface area (Å²) >= 11 is 0. The van der Waals surface area contributed by atoms with Gasteiger partial charge in [-0.2, -0.15) is 5.10 Å². The Bertz CT molecular complexity index is 534. The number of ether oxygens (including phenoxy) is 1. The summed E-state index contributed by atoms with van der Waals surface area (Å²) in [5.74, 6) is 0.930. The number of benzene rings is 1. The van der Waals surface area contributed by atoms with E-state index in [4.69, 9.17) is 4.74 Å². The lowest BCUT2D eigenvalue weighted by atomic mass is 10.2. The fraction of sp³-hybridized carbons (Fsp3) is 0.400. The zero-order valence-electron chi connectivity index (χ0n) is 11.8. The maximum Gasteiger partial charge on any atom is 0.119 e. The van der Waals surface area contributed by atoms with E-state index in [0.29, 0.717) is 6.61 Å². The normalized spacial score (nSPS) is 10.7. The summed E-state index contributed by atoms with van der Waals surface area (Å²) in [4.78, 5) is 0. The lowest BCUT2D eigenvalue weighted by molar-refractivity contribution is 0.340. The molecule has 0 atom stereocenters. The van der Waals surface area contributed by atoms with Crippen molar-refractivity contribution < 1.29 is 4.74 Å². The van der Waals surface area contributed by atoms with Crippen LogP contribution in [-0.4, -0.2) is 16.4 Å². The second-order valence-electron chi connectivity index (χ2n) is 4.60. The molecule has 0 bridgehead atoms. The molecule has 2 aromatic rings. The molecule has 0 unspecified atom stereocenters. The summed E-state index contributed by atoms with van der Waals surface area (Å²) in [6.07, 6.45) is 2.05. The Hall–Kier alpha value is -1.81. The van der Waals surface area contributed by atoms with Crippen LogP contribution in [-0.2, 0) is 20.1 Å². The van der Waals surface area contributed by atoms with Gasteiger partial charge in [0.25, 0.3) is 0 Å². The van der Waals surface area contributed by atoms with Crippen molar-refractivity contribution >= 4 is 0 Å². The predicted molar refractivity (Wildman–Crippen MR) is 76.1 cm³/mol. The number of aromatic nitrogens is 2. The number of nitrogens with one attached hydrogen (secondary N) is 1. The SMILES string of the molecule is CCOc1cccc(CNCc2cn(C)nc2C)c1. The van der Waals surface area contributed by atoms with Gasteiger partial charge in [-0.25, -0.2) is 0 Å². The first kappa shape index (κ1) is 13.6. The molecule has 102 valence electrons. The Kier molecular flexibility index (Phi) is 4.58. The van der Waals surface area contributed by atoms with Crippen LogP contribution < -0.4 is 10.1 Å². The molecule has 4 heteroatoms. The van der Waals surface area contributed by atoms with Gasteiger partial charge < -0.3 is 10.1 Å². The molecular weight excluding hydrogens is 238 g/mol. The van der Waals surface area contributed by atoms with Crippen LogP contribution in [0.1, 0.15) is 23.7 Å². The zero-order chi connectivity index (χ0) is 13.7. The number of hydrogen-bond donors (Lipinski definition) is 1. The van der Waals surface area contributed by atoms with Crippen LogP contribution in [0.2, 0.25) is 0 Å². The fourth-order valence-corrected chi connectivity index (χ4v) is 2.08. The molecule has 19 heavy (non-hydrogen) atoms. The van der Waals surface area contributed by atoms with Gasteiger partial charge in [-0.15, -0.1) is 0 Å². The summed E-state index contributed by atoms with van der Waals surface area (Å²) in [6, 6.07) is 8.19. The molecule has 0 amide bonds. The average Bonchev–Trinajstić information content (AvgIpc) is 2.69. The molecule has 0 fully saturated rings. The monoisotopic (exact) mass is 259 g/mol. The first-order valence-corrected chi connectivity index (χ1v) is 6.60. The van der Waals surface area contributed by atoms with Crippen LogP contribution in [0.25, 0.3) is 0 Å². The molecule has 2 rings (SSSR count). The minimum atomic E-state index is 0.700. The molecule has 0 saturated carbocycles. The molecule has 0 saturated heterocycles. The first-order valence-electron chi connectivity index (χ1n) is 6.60. The highest BCUT2D eigenvalue weighted by Gasteiger charge is 2.02. The van der Waals surface area contributed by atoms with Gasteiger partial charge in [-0.1, -0.05) is 12.1 Å². The quantitative estimate of drug-likeness (QED) is 0.866. The third-order valence-electron chi connectivity index (χ3n) is 2.97. The van der Waals surface area contributed by atoms with E-state index in [2.05, 4.69) is 28.7 Å². The molecular formula is C15H21N3O. The van der Waals surface area contributed by atoms with Gasteiger partial charge in [0.15, 0.2) is 0 Å². The Balaban J connectivity index is 1.88. The van der Waals surface area contributed by atoms with Crippen molar-refractivity contribution in [2.45, 2.75) is 26.9 Å². The van der Waals surface area contributed by atoms with Crippen LogP contribution in [0, 0.1) is 6.92 Å². The number of aryl methyl sites for hydroxylation is 2. The molecule has 1 aromatic carbocycles. The van der Waals surface area contributed by atoms with Crippen molar-refractivity contribution in [2.75, 3.05) is 6.61 Å². The molecule has 0 aliphatic rings. The lowest BCUT2D eigenvalue weighted by Crippen LogP contribution is -2.13. The van der Waals surface area contributed by atoms with E-state index in [-0.39, 0.29) is 0 Å². The second kappa shape index (κ2) is 6.38. The summed E-state index contributed by atoms with van der Waals surface area (Å²) in [7, 11) is 1.95. The maximum absolute atomic E-state index is 5.49. The third kappa shape index (κ3) is 3.83. The minimum Gasteiger partial charge on any atom is -0.494 e. The molecule has 1 aromatic heterocycles. The van der Waals surface area contributed by atoms with Crippen molar-refractivity contribution in [1.82, 2.24) is 15.1 Å². The van der Waals surface area contributed by atoms with Crippen LogP contribution in [0.5, 0.6) is 5.75 Å². The first-order chi connectivity index (χ1) is 9.19. The number of rotatable bonds is 6. The van der Waals surface area contributed by atoms with Crippen molar-refractivity contribution in [3.8, 4) is 5.75 Å². The van der Waals surface area contributed by atoms with E-state index in [9.17, 15) is 0 Å². The summed E-state index contributed by atoms with van der Waals surface area (Å²) < 4.78 is 7.34. The van der Waals surface area contributed by atoms with E-state index in [1.165, 1.54) is 11.1 Å². The van der Waals surface area contributed by atoms with Gasteiger partial charge >= 0.3 is 0 Å². The molecule has 0 spiro atoms. The van der Waals surface area contributed by atoms with Gasteiger partial charge in [-0.3, -0.25) is 4.68 Å². The smallest absolute Gasteiger partial charge is 0.119 e. The van der Waals surface area contributed by atoms with Crippen LogP contribution in [0.4, 0.5) is 0 Å². The van der Waals surface area contributed by atoms with E-state index in [1.807, 2.05) is 37.7 Å². The molecule has 1 N–H and O–H groups in total. The molecule has 0 radical (unpaired) electrons. The highest BCUT2D eigenvalue weighted by molar-refractivity contribution is 5.28. The standard InChI is InChI=1S/C15H21N3O/c1-4-19-15-7-5-6-13(8-15)9-16-10-14-11-18(3)17-12(14)2/h5-8,11,16H,4,9-10H2,1-3H3. The van der Waals surface area contributed by atoms with Gasteiger partial charge in [0.1, 0.15) is 5.75 Å². The third-order valence-corrected chi connectivity index (χ3v) is 2.97. The van der Waals surface area contributed by atoms with Crippen molar-refractivity contribution in [1.29, 1.82) is 0 Å². The van der Waals surface area contributed by atoms with E-state index < -0.39 is 0 Å². The molecule has 0 aliphatic carbocycles. The molecule has 0 aliphatic heterocycles. The van der Waals surface area contributed by atoms with Crippen molar-refractivity contribution in [3.05, 3.63) is 47.3 Å². The molecule has 4 nitrogen and oxygen atoms in total. The second-order valence-corrected chi connectivity index (χ2v) is 4.60. The van der Waals surface area contributed by atoms with Gasteiger partial charge in [0, 0.05) is 31.9 Å². The highest BCUT2D eigenvalue weighted by Crippen LogP contribution is 2.13. The lowest BCUT2D eigenvalue weighted by Gasteiger charge is -2.07. The van der Waals surface area contributed by atoms with E-state index in [0.717, 1.165) is 24.5 Å². The Morgan fingerprint density at radius 2 is 2.16 bits per heavy atom. The minimum absolute atomic E-state index is 0.700. The van der Waals surface area contributed by atoms with Gasteiger partial charge in [-0.05, 0) is 31.5 Å². The average molecular weight is 259 g/mol. The summed E-state index contributed by atoms with van der Waals surface area (Å²) in [6.45, 7) is 6.39. The number of hydrogen-bond acceptors (Lipinski definition) is 3. The van der Waals surface area contributed by atoms with Crippen LogP contribution in [0.3, 0.4) is 0 Å². The predicted octanol–water partition coefficient (Wildman–Crippen LogP) is 2.42. The summed E-state index contributed by atoms with van der Waals surface area (Å²) in [5.41, 5.74) is 3.55. The number of nitrogens with zero attached hydrogens (tertiary/aromatic N) is 2. The molecule has 1 heterocycles. The van der Waals surface area contributed by atoms with E-state index >= 15 is 0 Å². The Labute approximate surface area is 114 Å².